The van der Waals surface area contributed by atoms with Crippen molar-refractivity contribution in [3.05, 3.63) is 169 Å². The number of nitrogens with one attached hydrogen (secondary N) is 2. The molecule has 0 saturated carbocycles. The summed E-state index contributed by atoms with van der Waals surface area (Å²) in [6.07, 6.45) is 0. The van der Waals surface area contributed by atoms with Gasteiger partial charge in [-0.25, -0.2) is 9.97 Å². The molecule has 0 saturated heterocycles. The highest BCUT2D eigenvalue weighted by atomic mass is 79.9. The molecule has 268 valence electrons. The summed E-state index contributed by atoms with van der Waals surface area (Å²) in [6, 6.07) is 37.9. The highest BCUT2D eigenvalue weighted by Gasteiger charge is 2.14. The monoisotopic (exact) mass is 778 g/mol. The standard InChI is InChI=1S/C21H17N3O.C14H9BrN2O.C7H10BNO2/c1-13-10-17(11-14(2)22-13)18-12-16-8-9-19(25)23-21(16)24-20(18)15-6-4-3-5-7-15;15-11-8-10-6-7-12(18)16-14(10)17-13(11)9-4-2-1-3-5-9;1-5-3-7(8(10)11)4-6(2)9-5/h3-12H,1-2H3,(H,23,24,25);1-8H,(H,16,17,18);3-4,10-11H,1-2H3. The van der Waals surface area contributed by atoms with E-state index in [9.17, 15) is 9.59 Å². The second-order valence-corrected chi connectivity index (χ2v) is 13.5. The number of hydrogen-bond acceptors (Lipinski definition) is 8. The highest BCUT2D eigenvalue weighted by molar-refractivity contribution is 9.10. The van der Waals surface area contributed by atoms with Gasteiger partial charge in [-0.05, 0) is 103 Å². The van der Waals surface area contributed by atoms with Gasteiger partial charge < -0.3 is 20.0 Å². The van der Waals surface area contributed by atoms with E-state index in [1.165, 1.54) is 12.1 Å². The van der Waals surface area contributed by atoms with Gasteiger partial charge in [0, 0.05) is 66.8 Å². The minimum Gasteiger partial charge on any atom is -0.423 e. The lowest BCUT2D eigenvalue weighted by Gasteiger charge is -2.12. The number of fused-ring (bicyclic) bond motifs is 2. The van der Waals surface area contributed by atoms with Crippen molar-refractivity contribution < 1.29 is 10.0 Å². The lowest BCUT2D eigenvalue weighted by molar-refractivity contribution is 0.425. The summed E-state index contributed by atoms with van der Waals surface area (Å²) in [6.45, 7) is 7.62. The Morgan fingerprint density at radius 1 is 0.519 bits per heavy atom. The maximum atomic E-state index is 11.7. The topological polar surface area (TPSA) is 158 Å². The van der Waals surface area contributed by atoms with Gasteiger partial charge >= 0.3 is 7.12 Å². The third kappa shape index (κ3) is 9.28. The molecule has 0 radical (unpaired) electrons. The number of aryl methyl sites for hydroxylation is 4. The van der Waals surface area contributed by atoms with E-state index in [0.717, 1.165) is 71.7 Å². The van der Waals surface area contributed by atoms with Crippen molar-refractivity contribution in [3.8, 4) is 33.6 Å². The number of hydrogen-bond donors (Lipinski definition) is 4. The zero-order chi connectivity index (χ0) is 38.4. The molecule has 10 nitrogen and oxygen atoms in total. The maximum Gasteiger partial charge on any atom is 0.488 e. The summed E-state index contributed by atoms with van der Waals surface area (Å²) in [5.74, 6) is 0. The molecule has 0 fully saturated rings. The van der Waals surface area contributed by atoms with E-state index in [1.54, 1.807) is 24.3 Å². The molecule has 0 unspecified atom stereocenters. The number of H-pyrrole nitrogens is 2. The molecule has 2 aromatic carbocycles. The lowest BCUT2D eigenvalue weighted by atomic mass is 9.80. The number of pyridine rings is 6. The van der Waals surface area contributed by atoms with Gasteiger partial charge in [-0.2, -0.15) is 0 Å². The first-order chi connectivity index (χ1) is 25.9. The fourth-order valence-corrected chi connectivity index (χ4v) is 6.54. The molecule has 6 heterocycles. The maximum absolute atomic E-state index is 11.7. The Hall–Kier alpha value is -6.08. The molecule has 0 aliphatic heterocycles. The second kappa shape index (κ2) is 16.7. The molecule has 0 aliphatic rings. The molecule has 8 aromatic rings. The number of aromatic nitrogens is 6. The first-order valence-corrected chi connectivity index (χ1v) is 17.8. The highest BCUT2D eigenvalue weighted by Crippen LogP contribution is 2.33. The van der Waals surface area contributed by atoms with Gasteiger partial charge in [0.2, 0.25) is 11.1 Å². The molecule has 0 aliphatic carbocycles. The zero-order valence-electron chi connectivity index (χ0n) is 30.0. The average Bonchev–Trinajstić information content (AvgIpc) is 3.14. The summed E-state index contributed by atoms with van der Waals surface area (Å²) < 4.78 is 0.910. The predicted molar refractivity (Wildman–Crippen MR) is 220 cm³/mol. The predicted octanol–water partition coefficient (Wildman–Crippen LogP) is 7.00. The van der Waals surface area contributed by atoms with Crippen LogP contribution in [0.15, 0.2) is 135 Å². The van der Waals surface area contributed by atoms with Gasteiger partial charge in [0.1, 0.15) is 11.3 Å². The van der Waals surface area contributed by atoms with Crippen LogP contribution in [0, 0.1) is 27.7 Å². The van der Waals surface area contributed by atoms with Crippen molar-refractivity contribution in [1.82, 2.24) is 29.9 Å². The van der Waals surface area contributed by atoms with Crippen molar-refractivity contribution in [2.45, 2.75) is 27.7 Å². The van der Waals surface area contributed by atoms with Crippen LogP contribution in [-0.2, 0) is 0 Å². The van der Waals surface area contributed by atoms with E-state index in [2.05, 4.69) is 59.0 Å². The van der Waals surface area contributed by atoms with Crippen LogP contribution in [0.5, 0.6) is 0 Å². The molecule has 8 rings (SSSR count). The minimum absolute atomic E-state index is 0.142. The molecular weight excluding hydrogens is 743 g/mol. The Labute approximate surface area is 320 Å². The third-order valence-electron chi connectivity index (χ3n) is 8.26. The van der Waals surface area contributed by atoms with E-state index >= 15 is 0 Å². The normalized spacial score (nSPS) is 10.6. The number of nitrogens with zero attached hydrogens (tertiary/aromatic N) is 4. The van der Waals surface area contributed by atoms with E-state index in [4.69, 9.17) is 15.0 Å². The molecule has 6 aromatic heterocycles. The Balaban J connectivity index is 0.000000150. The van der Waals surface area contributed by atoms with Gasteiger partial charge in [-0.15, -0.1) is 0 Å². The van der Waals surface area contributed by atoms with Crippen LogP contribution >= 0.6 is 15.9 Å². The Morgan fingerprint density at radius 3 is 1.46 bits per heavy atom. The lowest BCUT2D eigenvalue weighted by Crippen LogP contribution is -2.30. The van der Waals surface area contributed by atoms with Crippen molar-refractivity contribution in [2.24, 2.45) is 0 Å². The number of rotatable bonds is 4. The van der Waals surface area contributed by atoms with Crippen LogP contribution < -0.4 is 16.6 Å². The van der Waals surface area contributed by atoms with Crippen molar-refractivity contribution in [3.63, 3.8) is 0 Å². The van der Waals surface area contributed by atoms with Gasteiger partial charge in [0.25, 0.3) is 0 Å². The molecule has 0 spiro atoms. The van der Waals surface area contributed by atoms with Crippen molar-refractivity contribution in [2.75, 3.05) is 0 Å². The molecule has 54 heavy (non-hydrogen) atoms. The van der Waals surface area contributed by atoms with E-state index in [-0.39, 0.29) is 11.1 Å². The summed E-state index contributed by atoms with van der Waals surface area (Å²) in [5.41, 5.74) is 10.7. The van der Waals surface area contributed by atoms with E-state index < -0.39 is 7.12 Å². The SMILES string of the molecule is Cc1cc(-c2cc3ccc(=O)[nH]c3nc2-c2ccccc2)cc(C)n1.Cc1cc(B(O)O)cc(C)n1.O=c1ccc2cc(Br)c(-c3ccccc3)nc2[nH]1. The molecule has 0 atom stereocenters. The second-order valence-electron chi connectivity index (χ2n) is 12.7. The van der Waals surface area contributed by atoms with Crippen LogP contribution in [0.25, 0.3) is 55.7 Å². The quantitative estimate of drug-likeness (QED) is 0.139. The third-order valence-corrected chi connectivity index (χ3v) is 8.86. The summed E-state index contributed by atoms with van der Waals surface area (Å²) in [4.78, 5) is 46.4. The fraction of sp³-hybridized carbons (Fsp3) is 0.0952. The van der Waals surface area contributed by atoms with Crippen LogP contribution in [0.4, 0.5) is 0 Å². The van der Waals surface area contributed by atoms with Crippen LogP contribution in [0.2, 0.25) is 0 Å². The number of aromatic amines is 2. The Bertz CT molecular complexity index is 2660. The molecule has 0 amide bonds. The van der Waals surface area contributed by atoms with E-state index in [0.29, 0.717) is 16.8 Å². The first kappa shape index (κ1) is 37.7. The fourth-order valence-electron chi connectivity index (χ4n) is 5.97. The number of benzene rings is 2. The van der Waals surface area contributed by atoms with Gasteiger partial charge in [0.05, 0.1) is 11.4 Å². The minimum atomic E-state index is -1.39. The van der Waals surface area contributed by atoms with Crippen molar-refractivity contribution >= 4 is 50.6 Å². The van der Waals surface area contributed by atoms with Gasteiger partial charge in [-0.1, -0.05) is 60.7 Å². The van der Waals surface area contributed by atoms with Gasteiger partial charge in [0.15, 0.2) is 0 Å². The Kier molecular flexibility index (Phi) is 11.7. The molecule has 0 bridgehead atoms. The van der Waals surface area contributed by atoms with Gasteiger partial charge in [-0.3, -0.25) is 19.6 Å². The number of halogens is 1. The first-order valence-electron chi connectivity index (χ1n) is 17.0. The smallest absolute Gasteiger partial charge is 0.423 e. The average molecular weight is 780 g/mol. The van der Waals surface area contributed by atoms with E-state index in [1.807, 2.05) is 94.4 Å². The zero-order valence-corrected chi connectivity index (χ0v) is 31.6. The Morgan fingerprint density at radius 2 is 0.963 bits per heavy atom. The van der Waals surface area contributed by atoms with Crippen molar-refractivity contribution in [1.29, 1.82) is 0 Å². The molecule has 12 heteroatoms. The summed E-state index contributed by atoms with van der Waals surface area (Å²) in [5, 5.41) is 19.4. The molecular formula is C42H36BBrN6O4. The largest absolute Gasteiger partial charge is 0.488 e. The van der Waals surface area contributed by atoms with Crippen LogP contribution in [-0.4, -0.2) is 47.1 Å². The van der Waals surface area contributed by atoms with Crippen LogP contribution in [0.3, 0.4) is 0 Å². The summed E-state index contributed by atoms with van der Waals surface area (Å²) in [7, 11) is -1.39. The summed E-state index contributed by atoms with van der Waals surface area (Å²) >= 11 is 3.52. The molecule has 4 N–H and O–H groups in total. The van der Waals surface area contributed by atoms with Crippen LogP contribution in [0.1, 0.15) is 22.8 Å².